The zero-order chi connectivity index (χ0) is 55.1. The summed E-state index contributed by atoms with van der Waals surface area (Å²) in [4.78, 5) is 26.0. The van der Waals surface area contributed by atoms with Crippen molar-refractivity contribution in [2.24, 2.45) is 11.8 Å². The van der Waals surface area contributed by atoms with E-state index in [2.05, 4.69) is 80.0 Å². The molecule has 6 aliphatic rings. The molecule has 4 N–H and O–H groups in total. The number of anilines is 2. The number of allylic oxidation sites excluding steroid dienone is 4. The van der Waals surface area contributed by atoms with E-state index in [4.69, 9.17) is 18.9 Å². The summed E-state index contributed by atoms with van der Waals surface area (Å²) in [5, 5.41) is 26.2. The molecular formula is C60H76FN7O9S. The Bertz CT molecular complexity index is 3090. The molecule has 3 aromatic carbocycles. The molecule has 2 aliphatic heterocycles. The number of methoxy groups -OCH3 is 2. The quantitative estimate of drug-likeness (QED) is 0.0656. The summed E-state index contributed by atoms with van der Waals surface area (Å²) < 4.78 is 70.2. The van der Waals surface area contributed by atoms with Gasteiger partial charge in [-0.3, -0.25) is 14.6 Å². The number of carbonyl (C=O) groups is 1. The topological polar surface area (TPSA) is 183 Å². The lowest BCUT2D eigenvalue weighted by molar-refractivity contribution is -0.751. The van der Waals surface area contributed by atoms with Crippen LogP contribution in [0.5, 0.6) is 17.2 Å². The number of nitrogens with zero attached hydrogens (tertiary/aromatic N) is 4. The Morgan fingerprint density at radius 3 is 2.45 bits per heavy atom. The molecule has 4 atom stereocenters. The van der Waals surface area contributed by atoms with Gasteiger partial charge in [0.05, 0.1) is 38.6 Å². The number of piperidine rings is 1. The second kappa shape index (κ2) is 22.7. The largest absolute Gasteiger partial charge is 0.629 e. The maximum atomic E-state index is 15.4. The molecule has 4 fully saturated rings. The molecular weight excluding hydrogens is 1010 g/mol. The van der Waals surface area contributed by atoms with Crippen molar-refractivity contribution in [2.45, 2.75) is 120 Å². The zero-order valence-electron chi connectivity index (χ0n) is 46.1. The number of hydrogen-bond acceptors (Lipinski definition) is 14. The first-order chi connectivity index (χ1) is 37.4. The van der Waals surface area contributed by atoms with Crippen molar-refractivity contribution in [3.05, 3.63) is 135 Å². The molecule has 3 unspecified atom stereocenters. The van der Waals surface area contributed by atoms with Crippen LogP contribution >= 0.6 is 0 Å². The number of amides is 1. The second-order valence-electron chi connectivity index (χ2n) is 22.6. The van der Waals surface area contributed by atoms with Gasteiger partial charge in [-0.15, -0.1) is 0 Å². The highest BCUT2D eigenvalue weighted by Gasteiger charge is 2.64. The molecule has 1 aromatic heterocycles. The van der Waals surface area contributed by atoms with E-state index in [1.807, 2.05) is 26.0 Å². The van der Waals surface area contributed by atoms with Gasteiger partial charge in [0.15, 0.2) is 23.0 Å². The molecule has 0 radical (unpaired) electrons. The number of carbonyl (C=O) groups excluding carboxylic acids is 1. The summed E-state index contributed by atoms with van der Waals surface area (Å²) in [5.74, 6) is 1.35. The Balaban J connectivity index is 0.898. The zero-order valence-corrected chi connectivity index (χ0v) is 46.9. The standard InChI is InChI=1S/C60H76FN7O9S/c1-8-76-60-33-49(60)45-16-17-50(61)48(45)32-56(60)77-54-30-42(14-15-47(54)58(69)64-78(72,73)43-31-51(65(5)71)57(63-35-43)62-34-39-19-23-59(4,70)24-20-39)67-25-21-41(22-26-67)68-28-27-66(36-40-13-18-53(74-6)55(29-40)75-7)37-52(68)46-12-10-9-11-44(46)38(2)3/h9-15,17-18,29-32,35,38-39,41,49,52,65,70H,8,16,19-28,33-34,36-37H2,1-7H3,(H,62,63)(H,64,69)/t39?,49?,52-,59?,60?/m0/s1. The van der Waals surface area contributed by atoms with Crippen LogP contribution in [0.15, 0.2) is 113 Å². The fourth-order valence-electron chi connectivity index (χ4n) is 12.7. The van der Waals surface area contributed by atoms with E-state index < -0.39 is 32.2 Å². The number of aliphatic hydroxyl groups is 1. The van der Waals surface area contributed by atoms with Gasteiger partial charge in [0, 0.05) is 93.8 Å². The molecule has 3 heterocycles. The maximum Gasteiger partial charge on any atom is 0.268 e. The lowest BCUT2D eigenvalue weighted by Crippen LogP contribution is -2.98. The molecule has 0 spiro atoms. The van der Waals surface area contributed by atoms with Crippen LogP contribution in [0.1, 0.15) is 118 Å². The Labute approximate surface area is 458 Å². The molecule has 78 heavy (non-hydrogen) atoms. The predicted molar refractivity (Wildman–Crippen MR) is 298 cm³/mol. The average molecular weight is 1090 g/mol. The van der Waals surface area contributed by atoms with Crippen molar-refractivity contribution >= 4 is 33.1 Å². The summed E-state index contributed by atoms with van der Waals surface area (Å²) in [6, 6.07) is 21.9. The molecule has 4 aromatic rings. The van der Waals surface area contributed by atoms with Gasteiger partial charge in [0.2, 0.25) is 0 Å². The van der Waals surface area contributed by atoms with Crippen LogP contribution in [0, 0.1) is 17.0 Å². The highest BCUT2D eigenvalue weighted by Crippen LogP contribution is 2.62. The monoisotopic (exact) mass is 1090 g/mol. The minimum atomic E-state index is -4.58. The van der Waals surface area contributed by atoms with Gasteiger partial charge < -0.3 is 44.5 Å². The molecule has 16 nitrogen and oxygen atoms in total. The van der Waals surface area contributed by atoms with Crippen molar-refractivity contribution in [3.63, 3.8) is 0 Å². The van der Waals surface area contributed by atoms with Crippen LogP contribution in [0.25, 0.3) is 0 Å². The molecule has 2 saturated heterocycles. The first-order valence-corrected chi connectivity index (χ1v) is 29.2. The van der Waals surface area contributed by atoms with Crippen molar-refractivity contribution < 1.29 is 46.7 Å². The number of ether oxygens (including phenoxy) is 4. The van der Waals surface area contributed by atoms with Crippen molar-refractivity contribution in [3.8, 4) is 17.2 Å². The summed E-state index contributed by atoms with van der Waals surface area (Å²) >= 11 is 0. The highest BCUT2D eigenvalue weighted by atomic mass is 32.2. The normalized spacial score (nSPS) is 25.2. The van der Waals surface area contributed by atoms with Gasteiger partial charge in [0.25, 0.3) is 15.9 Å². The molecule has 18 heteroatoms. The third kappa shape index (κ3) is 11.4. The van der Waals surface area contributed by atoms with Crippen LogP contribution < -0.4 is 34.2 Å². The van der Waals surface area contributed by atoms with Gasteiger partial charge in [-0.2, -0.15) is 0 Å². The molecule has 4 aliphatic carbocycles. The van der Waals surface area contributed by atoms with Crippen molar-refractivity contribution in [1.29, 1.82) is 0 Å². The van der Waals surface area contributed by atoms with Gasteiger partial charge in [-0.05, 0) is 136 Å². The number of rotatable bonds is 19. The van der Waals surface area contributed by atoms with Gasteiger partial charge in [-0.25, -0.2) is 22.5 Å². The number of hydroxylamine groups is 1. The number of fused-ring (bicyclic) bond motifs is 2. The smallest absolute Gasteiger partial charge is 0.268 e. The SMILES string of the molecule is CCOC12CC1C1=C(C=C2Oc2cc(N3CCC(N4CCN(Cc5ccc(OC)c(OC)c5)C[C@H]4c4ccccc4C(C)C)CC3)ccc2C(=O)NS(=O)(=O)c2cnc(NCC3CCC(C)(O)CC3)c([NH+](C)[O-])c2)C(F)=CC1. The third-order valence-corrected chi connectivity index (χ3v) is 18.4. The van der Waals surface area contributed by atoms with Crippen molar-refractivity contribution in [2.75, 3.05) is 77.4 Å². The Kier molecular flexibility index (Phi) is 16.1. The number of nitrogens with one attached hydrogen (secondary N) is 3. The Hall–Kier alpha value is -5.86. The number of piperazine rings is 1. The van der Waals surface area contributed by atoms with Gasteiger partial charge in [-0.1, -0.05) is 44.2 Å². The van der Waals surface area contributed by atoms with E-state index in [0.29, 0.717) is 86.7 Å². The van der Waals surface area contributed by atoms with Gasteiger partial charge in [0.1, 0.15) is 27.8 Å². The van der Waals surface area contributed by atoms with Gasteiger partial charge >= 0.3 is 0 Å². The molecule has 0 bridgehead atoms. The summed E-state index contributed by atoms with van der Waals surface area (Å²) in [6.07, 6.45) is 10.1. The summed E-state index contributed by atoms with van der Waals surface area (Å²) in [7, 11) is 0.0691. The number of sulfonamides is 1. The van der Waals surface area contributed by atoms with Crippen molar-refractivity contribution in [1.82, 2.24) is 19.5 Å². The summed E-state index contributed by atoms with van der Waals surface area (Å²) in [6.45, 7) is 14.0. The number of aromatic nitrogens is 1. The lowest BCUT2D eigenvalue weighted by Gasteiger charge is -2.48. The highest BCUT2D eigenvalue weighted by molar-refractivity contribution is 7.90. The number of pyridine rings is 1. The van der Waals surface area contributed by atoms with Crippen LogP contribution in [0.3, 0.4) is 0 Å². The number of halogens is 1. The average Bonchev–Trinajstić information content (AvgIpc) is 3.82. The number of hydrogen-bond donors (Lipinski definition) is 4. The van der Waals surface area contributed by atoms with E-state index in [0.717, 1.165) is 74.9 Å². The summed E-state index contributed by atoms with van der Waals surface area (Å²) in [5.41, 5.74) is 4.56. The minimum absolute atomic E-state index is 0.0497. The fraction of sp³-hybridized carbons (Fsp3) is 0.500. The Morgan fingerprint density at radius 2 is 1.73 bits per heavy atom. The van der Waals surface area contributed by atoms with Crippen LogP contribution in [-0.2, 0) is 21.3 Å². The number of benzene rings is 3. The maximum absolute atomic E-state index is 15.4. The molecule has 418 valence electrons. The fourth-order valence-corrected chi connectivity index (χ4v) is 13.6. The van der Waals surface area contributed by atoms with Crippen LogP contribution in [0.4, 0.5) is 21.6 Å². The molecule has 2 saturated carbocycles. The van der Waals surface area contributed by atoms with E-state index >= 15 is 4.39 Å². The number of quaternary nitrogens is 1. The van der Waals surface area contributed by atoms with E-state index in [1.165, 1.54) is 24.2 Å². The second-order valence-corrected chi connectivity index (χ2v) is 24.3. The Morgan fingerprint density at radius 1 is 0.974 bits per heavy atom. The van der Waals surface area contributed by atoms with E-state index in [1.54, 1.807) is 38.5 Å². The first kappa shape index (κ1) is 55.5. The third-order valence-electron chi connectivity index (χ3n) is 17.1. The predicted octanol–water partition coefficient (Wildman–Crippen LogP) is 8.49. The lowest BCUT2D eigenvalue weighted by atomic mass is 9.80. The minimum Gasteiger partial charge on any atom is -0.629 e. The van der Waals surface area contributed by atoms with E-state index in [-0.39, 0.29) is 51.4 Å². The van der Waals surface area contributed by atoms with Crippen LogP contribution in [-0.4, -0.2) is 119 Å². The molecule has 1 amide bonds. The molecule has 10 rings (SSSR count). The first-order valence-electron chi connectivity index (χ1n) is 27.7. The van der Waals surface area contributed by atoms with Crippen LogP contribution in [0.2, 0.25) is 0 Å². The van der Waals surface area contributed by atoms with E-state index in [9.17, 15) is 23.5 Å².